The van der Waals surface area contributed by atoms with E-state index in [1.54, 1.807) is 24.3 Å². The maximum Gasteiger partial charge on any atom is 1.00 e. The van der Waals surface area contributed by atoms with Gasteiger partial charge in [-0.3, -0.25) is 9.59 Å². The molecule has 1 amide bonds. The maximum atomic E-state index is 14.1. The Kier molecular flexibility index (Phi) is 13.5. The zero-order valence-corrected chi connectivity index (χ0v) is 27.9. The minimum absolute atomic E-state index is 0. The summed E-state index contributed by atoms with van der Waals surface area (Å²) in [6.45, 7) is 4.11. The first-order valence-electron chi connectivity index (χ1n) is 14.7. The van der Waals surface area contributed by atoms with Crippen LogP contribution in [0.3, 0.4) is 0 Å². The van der Waals surface area contributed by atoms with Crippen molar-refractivity contribution in [1.82, 2.24) is 9.88 Å². The third kappa shape index (κ3) is 9.36. The van der Waals surface area contributed by atoms with E-state index < -0.39 is 30.4 Å². The number of carboxylic acid groups (broad SMARTS) is 1. The van der Waals surface area contributed by atoms with Gasteiger partial charge in [-0.05, 0) is 67.5 Å². The fraction of sp³-hybridized carbons (Fsp3) is 0.314. The Morgan fingerprint density at radius 2 is 1.47 bits per heavy atom. The zero-order valence-electron chi connectivity index (χ0n) is 26.9. The molecule has 4 rings (SSSR count). The van der Waals surface area contributed by atoms with Crippen LogP contribution in [0.2, 0.25) is 0 Å². The topological polar surface area (TPSA) is 132 Å². The van der Waals surface area contributed by atoms with Gasteiger partial charge in [0.2, 0.25) is 0 Å². The van der Waals surface area contributed by atoms with Gasteiger partial charge in [-0.2, -0.15) is 0 Å². The Morgan fingerprint density at radius 1 is 0.867 bits per heavy atom. The summed E-state index contributed by atoms with van der Waals surface area (Å²) in [5.41, 5.74) is 5.72. The summed E-state index contributed by atoms with van der Waals surface area (Å²) in [7, 11) is 0. The minimum Gasteiger partial charge on any atom is -1.00 e. The van der Waals surface area contributed by atoms with Gasteiger partial charge in [0.05, 0.1) is 25.2 Å². The number of nitrogens with one attached hydrogen (secondary N) is 1. The number of hydrogen-bond donors (Lipinski definition) is 5. The minimum atomic E-state index is -1.19. The first kappa shape index (κ1) is 36.2. The second-order valence-electron chi connectivity index (χ2n) is 11.2. The summed E-state index contributed by atoms with van der Waals surface area (Å²) in [5.74, 6) is -1.85. The Labute approximate surface area is 286 Å². The van der Waals surface area contributed by atoms with E-state index in [2.05, 4.69) is 5.32 Å². The average Bonchev–Trinajstić information content (AvgIpc) is 3.35. The van der Waals surface area contributed by atoms with Crippen LogP contribution in [0.4, 0.5) is 4.39 Å². The number of carbonyl (C=O) groups excluding carboxylic acids is 1. The van der Waals surface area contributed by atoms with E-state index in [4.69, 9.17) is 5.11 Å². The van der Waals surface area contributed by atoms with Gasteiger partial charge in [-0.1, -0.05) is 66.7 Å². The number of rotatable bonds is 14. The van der Waals surface area contributed by atoms with E-state index in [1.165, 1.54) is 12.1 Å². The van der Waals surface area contributed by atoms with Crippen LogP contribution in [-0.2, 0) is 24.4 Å². The van der Waals surface area contributed by atoms with Gasteiger partial charge in [0.15, 0.2) is 0 Å². The average molecular weight is 627 g/mol. The molecular formula is C35H40FN2NaO6. The van der Waals surface area contributed by atoms with Crippen molar-refractivity contribution in [1.29, 1.82) is 0 Å². The second kappa shape index (κ2) is 16.8. The van der Waals surface area contributed by atoms with Crippen LogP contribution in [0.1, 0.15) is 67.9 Å². The Hall–Kier alpha value is -3.31. The molecule has 0 radical (unpaired) electrons. The normalized spacial score (nSPS) is 12.4. The number of aliphatic carboxylic acids is 1. The SMILES string of the molecule is CC(C)n1c(CC[C@@H](O)C[C@@H](O)CC(=O)O)c(-c2ccc(F)cc2)c(-c2ccccc2)c1C(=O)NCc1ccc(CO)cc1.[H-].[Na+]. The van der Waals surface area contributed by atoms with Crippen molar-refractivity contribution in [3.8, 4) is 22.3 Å². The first-order chi connectivity index (χ1) is 21.1. The zero-order chi connectivity index (χ0) is 31.8. The molecule has 8 nitrogen and oxygen atoms in total. The van der Waals surface area contributed by atoms with Crippen LogP contribution in [0.5, 0.6) is 0 Å². The number of nitrogens with zero attached hydrogens (tertiary/aromatic N) is 1. The van der Waals surface area contributed by atoms with Crippen molar-refractivity contribution in [2.24, 2.45) is 0 Å². The van der Waals surface area contributed by atoms with E-state index in [9.17, 15) is 29.3 Å². The van der Waals surface area contributed by atoms with Gasteiger partial charge in [0.1, 0.15) is 11.5 Å². The van der Waals surface area contributed by atoms with Crippen molar-refractivity contribution in [3.05, 3.63) is 107 Å². The first-order valence-corrected chi connectivity index (χ1v) is 14.7. The number of aliphatic hydroxyl groups is 3. The molecule has 1 heterocycles. The number of carbonyl (C=O) groups is 2. The van der Waals surface area contributed by atoms with Crippen LogP contribution >= 0.6 is 0 Å². The molecule has 0 bridgehead atoms. The van der Waals surface area contributed by atoms with Crippen LogP contribution in [0.15, 0.2) is 78.9 Å². The predicted molar refractivity (Wildman–Crippen MR) is 167 cm³/mol. The number of carboxylic acids is 1. The monoisotopic (exact) mass is 626 g/mol. The molecule has 0 aliphatic carbocycles. The molecule has 0 saturated heterocycles. The Balaban J connectivity index is 0.00000368. The van der Waals surface area contributed by atoms with Crippen LogP contribution in [0.25, 0.3) is 22.3 Å². The number of aliphatic hydroxyl groups excluding tert-OH is 3. The largest absolute Gasteiger partial charge is 1.00 e. The molecule has 4 aromatic rings. The third-order valence-corrected chi connectivity index (χ3v) is 7.56. The van der Waals surface area contributed by atoms with Gasteiger partial charge in [0, 0.05) is 29.4 Å². The van der Waals surface area contributed by atoms with E-state index in [0.29, 0.717) is 23.2 Å². The summed E-state index contributed by atoms with van der Waals surface area (Å²) in [4.78, 5) is 25.1. The Morgan fingerprint density at radius 3 is 2.04 bits per heavy atom. The van der Waals surface area contributed by atoms with Gasteiger partial charge in [-0.15, -0.1) is 0 Å². The van der Waals surface area contributed by atoms with E-state index >= 15 is 0 Å². The molecule has 0 fully saturated rings. The van der Waals surface area contributed by atoms with Crippen molar-refractivity contribution in [2.45, 2.75) is 70.9 Å². The Bertz CT molecular complexity index is 1560. The van der Waals surface area contributed by atoms with E-state index in [1.807, 2.05) is 60.9 Å². The fourth-order valence-electron chi connectivity index (χ4n) is 5.54. The molecular weight excluding hydrogens is 586 g/mol. The van der Waals surface area contributed by atoms with Crippen LogP contribution in [-0.4, -0.2) is 49.1 Å². The number of amides is 1. The fourth-order valence-corrected chi connectivity index (χ4v) is 5.54. The summed E-state index contributed by atoms with van der Waals surface area (Å²) in [6.07, 6.45) is -2.24. The van der Waals surface area contributed by atoms with Crippen LogP contribution in [0, 0.1) is 5.82 Å². The smallest absolute Gasteiger partial charge is 1.00 e. The molecule has 234 valence electrons. The standard InChI is InChI=1S/C35H39FN2O6.Na.H/c1-22(2)38-30(17-16-28(40)18-29(41)19-31(42)43)32(26-12-14-27(36)15-13-26)33(25-6-4-3-5-7-25)34(38)35(44)37-20-23-8-10-24(21-39)11-9-23;;/h3-15,22,28-29,39-41H,16-21H2,1-2H3,(H,37,44)(H,42,43);;/q;+1;-1/t28-,29-;;/m1../s1. The van der Waals surface area contributed by atoms with Crippen molar-refractivity contribution >= 4 is 11.9 Å². The van der Waals surface area contributed by atoms with Crippen molar-refractivity contribution < 1.29 is 65.4 Å². The molecule has 45 heavy (non-hydrogen) atoms. The summed E-state index contributed by atoms with van der Waals surface area (Å²) >= 11 is 0. The molecule has 1 aromatic heterocycles. The molecule has 0 aliphatic heterocycles. The molecule has 3 aromatic carbocycles. The van der Waals surface area contributed by atoms with Gasteiger partial charge < -0.3 is 31.7 Å². The number of aromatic nitrogens is 1. The number of benzene rings is 3. The number of hydrogen-bond acceptors (Lipinski definition) is 5. The van der Waals surface area contributed by atoms with Gasteiger partial charge in [-0.25, -0.2) is 4.39 Å². The molecule has 10 heteroatoms. The maximum absolute atomic E-state index is 14.1. The van der Waals surface area contributed by atoms with Crippen LogP contribution < -0.4 is 34.9 Å². The van der Waals surface area contributed by atoms with Crippen molar-refractivity contribution in [2.75, 3.05) is 0 Å². The predicted octanol–water partition coefficient (Wildman–Crippen LogP) is 2.60. The third-order valence-electron chi connectivity index (χ3n) is 7.56. The molecule has 0 unspecified atom stereocenters. The molecule has 5 N–H and O–H groups in total. The number of halogens is 1. The summed E-state index contributed by atoms with van der Waals surface area (Å²) in [6, 6.07) is 22.7. The molecule has 0 aliphatic rings. The molecule has 0 spiro atoms. The molecule has 0 saturated carbocycles. The van der Waals surface area contributed by atoms with E-state index in [-0.39, 0.29) is 68.9 Å². The summed E-state index contributed by atoms with van der Waals surface area (Å²) < 4.78 is 16.0. The summed E-state index contributed by atoms with van der Waals surface area (Å²) in [5, 5.41) is 42.3. The van der Waals surface area contributed by atoms with Gasteiger partial charge >= 0.3 is 35.5 Å². The van der Waals surface area contributed by atoms with E-state index in [0.717, 1.165) is 27.9 Å². The quantitative estimate of drug-likeness (QED) is 0.137. The second-order valence-corrected chi connectivity index (χ2v) is 11.2. The van der Waals surface area contributed by atoms with Crippen molar-refractivity contribution in [3.63, 3.8) is 0 Å². The molecule has 2 atom stereocenters. The van der Waals surface area contributed by atoms with Gasteiger partial charge in [0.25, 0.3) is 5.91 Å².